The van der Waals surface area contributed by atoms with Crippen LogP contribution in [0.3, 0.4) is 0 Å². The molecule has 1 atom stereocenters. The highest BCUT2D eigenvalue weighted by molar-refractivity contribution is 5.37. The minimum atomic E-state index is -1.15. The van der Waals surface area contributed by atoms with Crippen LogP contribution in [0.15, 0.2) is 12.1 Å². The lowest BCUT2D eigenvalue weighted by molar-refractivity contribution is 0.151. The number of hydrogen-bond donors (Lipinski definition) is 2. The maximum Gasteiger partial charge on any atom is 0.200 e. The molecule has 2 N–H and O–H groups in total. The van der Waals surface area contributed by atoms with Gasteiger partial charge in [-0.15, -0.1) is 0 Å². The van der Waals surface area contributed by atoms with E-state index >= 15 is 0 Å². The van der Waals surface area contributed by atoms with Crippen LogP contribution in [0.4, 0.5) is 8.78 Å². The molecule has 1 aliphatic heterocycles. The van der Waals surface area contributed by atoms with Gasteiger partial charge in [-0.2, -0.15) is 4.39 Å². The van der Waals surface area contributed by atoms with E-state index in [9.17, 15) is 13.9 Å². The third-order valence-electron chi connectivity index (χ3n) is 3.75. The molecular formula is C15H22F2N2O. The summed E-state index contributed by atoms with van der Waals surface area (Å²) in [5.74, 6) is -2.29. The molecule has 0 aliphatic carbocycles. The van der Waals surface area contributed by atoms with Crippen LogP contribution in [-0.4, -0.2) is 36.2 Å². The highest BCUT2D eigenvalue weighted by atomic mass is 19.2. The van der Waals surface area contributed by atoms with E-state index in [1.54, 1.807) is 0 Å². The zero-order valence-corrected chi connectivity index (χ0v) is 12.0. The van der Waals surface area contributed by atoms with Gasteiger partial charge in [0.25, 0.3) is 0 Å². The Balaban J connectivity index is 2.32. The molecule has 1 aliphatic rings. The van der Waals surface area contributed by atoms with E-state index in [0.29, 0.717) is 11.5 Å². The van der Waals surface area contributed by atoms with Crippen molar-refractivity contribution in [1.29, 1.82) is 0 Å². The van der Waals surface area contributed by atoms with Crippen molar-refractivity contribution < 1.29 is 13.9 Å². The Bertz CT molecular complexity index is 459. The van der Waals surface area contributed by atoms with E-state index in [0.717, 1.165) is 38.7 Å². The first-order valence-electron chi connectivity index (χ1n) is 7.12. The highest BCUT2D eigenvalue weighted by Crippen LogP contribution is 2.35. The number of phenols is 1. The van der Waals surface area contributed by atoms with E-state index in [2.05, 4.69) is 24.1 Å². The van der Waals surface area contributed by atoms with Gasteiger partial charge in [-0.1, -0.05) is 19.9 Å². The summed E-state index contributed by atoms with van der Waals surface area (Å²) in [7, 11) is 0. The maximum absolute atomic E-state index is 13.6. The second-order valence-electron chi connectivity index (χ2n) is 5.73. The predicted octanol–water partition coefficient (Wildman–Crippen LogP) is 2.66. The Morgan fingerprint density at radius 1 is 1.25 bits per heavy atom. The van der Waals surface area contributed by atoms with Crippen LogP contribution >= 0.6 is 0 Å². The molecule has 1 saturated heterocycles. The largest absolute Gasteiger partial charge is 0.505 e. The maximum atomic E-state index is 13.6. The van der Waals surface area contributed by atoms with E-state index in [-0.39, 0.29) is 6.04 Å². The first kappa shape index (κ1) is 15.2. The van der Waals surface area contributed by atoms with Crippen molar-refractivity contribution in [3.05, 3.63) is 29.3 Å². The summed E-state index contributed by atoms with van der Waals surface area (Å²) in [5.41, 5.74) is 0.486. The van der Waals surface area contributed by atoms with Gasteiger partial charge in [0.15, 0.2) is 11.6 Å². The first-order valence-corrected chi connectivity index (χ1v) is 7.12. The van der Waals surface area contributed by atoms with Gasteiger partial charge in [0.2, 0.25) is 5.82 Å². The molecule has 0 radical (unpaired) electrons. The summed E-state index contributed by atoms with van der Waals surface area (Å²) in [6, 6.07) is 2.52. The second kappa shape index (κ2) is 6.50. The molecule has 112 valence electrons. The van der Waals surface area contributed by atoms with Crippen molar-refractivity contribution in [3.8, 4) is 5.75 Å². The average molecular weight is 284 g/mol. The summed E-state index contributed by atoms with van der Waals surface area (Å²) < 4.78 is 26.8. The second-order valence-corrected chi connectivity index (χ2v) is 5.73. The number of phenolic OH excluding ortho intramolecular Hbond substituents is 1. The van der Waals surface area contributed by atoms with Gasteiger partial charge < -0.3 is 10.4 Å². The summed E-state index contributed by atoms with van der Waals surface area (Å²) in [4.78, 5) is 2.23. The lowest BCUT2D eigenvalue weighted by Gasteiger charge is -2.36. The number of rotatable bonds is 4. The predicted molar refractivity (Wildman–Crippen MR) is 74.7 cm³/mol. The van der Waals surface area contributed by atoms with Crippen LogP contribution in [0.5, 0.6) is 5.75 Å². The van der Waals surface area contributed by atoms with Crippen LogP contribution in [0, 0.1) is 17.6 Å². The number of halogens is 2. The van der Waals surface area contributed by atoms with E-state index in [1.807, 2.05) is 0 Å². The molecule has 0 saturated carbocycles. The van der Waals surface area contributed by atoms with Crippen LogP contribution in [0.2, 0.25) is 0 Å². The number of aromatic hydroxyl groups is 1. The van der Waals surface area contributed by atoms with Crippen LogP contribution in [-0.2, 0) is 0 Å². The quantitative estimate of drug-likeness (QED) is 0.892. The van der Waals surface area contributed by atoms with Gasteiger partial charge in [-0.3, -0.25) is 4.90 Å². The number of piperazine rings is 1. The standard InChI is InChI=1S/C15H22F2N2O/c1-10(2)9-13(19-7-5-18-6-8-19)11-3-4-12(16)14(17)15(11)20/h3-4,10,13,18,20H,5-9H2,1-2H3/t13-/m1/s1. The molecule has 2 rings (SSSR count). The average Bonchev–Trinajstić information content (AvgIpc) is 2.44. The summed E-state index contributed by atoms with van der Waals surface area (Å²) in [6.45, 7) is 7.61. The first-order chi connectivity index (χ1) is 9.50. The summed E-state index contributed by atoms with van der Waals surface area (Å²) in [5, 5.41) is 13.2. The minimum Gasteiger partial charge on any atom is -0.505 e. The Labute approximate surface area is 118 Å². The van der Waals surface area contributed by atoms with E-state index in [4.69, 9.17) is 0 Å². The molecule has 20 heavy (non-hydrogen) atoms. The van der Waals surface area contributed by atoms with Gasteiger partial charge in [-0.05, 0) is 18.4 Å². The van der Waals surface area contributed by atoms with Gasteiger partial charge in [0, 0.05) is 37.8 Å². The number of benzene rings is 1. The van der Waals surface area contributed by atoms with Crippen LogP contribution < -0.4 is 5.32 Å². The molecule has 1 heterocycles. The van der Waals surface area contributed by atoms with Gasteiger partial charge in [0.05, 0.1) is 0 Å². The highest BCUT2D eigenvalue weighted by Gasteiger charge is 2.27. The van der Waals surface area contributed by atoms with E-state index in [1.165, 1.54) is 6.07 Å². The Hall–Kier alpha value is -1.20. The van der Waals surface area contributed by atoms with Crippen molar-refractivity contribution in [2.45, 2.75) is 26.3 Å². The molecule has 0 spiro atoms. The normalized spacial score (nSPS) is 18.4. The molecule has 1 aromatic carbocycles. The molecular weight excluding hydrogens is 262 g/mol. The van der Waals surface area contributed by atoms with Gasteiger partial charge in [0.1, 0.15) is 0 Å². The summed E-state index contributed by atoms with van der Waals surface area (Å²) in [6.07, 6.45) is 0.804. The zero-order valence-electron chi connectivity index (χ0n) is 12.0. The molecule has 0 unspecified atom stereocenters. The molecule has 1 aromatic rings. The van der Waals surface area contributed by atoms with Crippen molar-refractivity contribution >= 4 is 0 Å². The van der Waals surface area contributed by atoms with E-state index < -0.39 is 17.4 Å². The van der Waals surface area contributed by atoms with Crippen molar-refractivity contribution in [2.24, 2.45) is 5.92 Å². The van der Waals surface area contributed by atoms with Crippen LogP contribution in [0.1, 0.15) is 31.9 Å². The van der Waals surface area contributed by atoms with Crippen molar-refractivity contribution in [3.63, 3.8) is 0 Å². The van der Waals surface area contributed by atoms with Crippen molar-refractivity contribution in [2.75, 3.05) is 26.2 Å². The number of nitrogens with one attached hydrogen (secondary N) is 1. The van der Waals surface area contributed by atoms with Gasteiger partial charge >= 0.3 is 0 Å². The number of hydrogen-bond acceptors (Lipinski definition) is 3. The monoisotopic (exact) mass is 284 g/mol. The molecule has 1 fully saturated rings. The molecule has 3 nitrogen and oxygen atoms in total. The Kier molecular flexibility index (Phi) is 4.94. The van der Waals surface area contributed by atoms with Crippen LogP contribution in [0.25, 0.3) is 0 Å². The smallest absolute Gasteiger partial charge is 0.200 e. The third-order valence-corrected chi connectivity index (χ3v) is 3.75. The fourth-order valence-electron chi connectivity index (χ4n) is 2.74. The molecule has 0 amide bonds. The third kappa shape index (κ3) is 3.27. The molecule has 5 heteroatoms. The summed E-state index contributed by atoms with van der Waals surface area (Å²) >= 11 is 0. The zero-order chi connectivity index (χ0) is 14.7. The topological polar surface area (TPSA) is 35.5 Å². The fraction of sp³-hybridized carbons (Fsp3) is 0.600. The Morgan fingerprint density at radius 2 is 1.90 bits per heavy atom. The molecule has 0 bridgehead atoms. The van der Waals surface area contributed by atoms with Gasteiger partial charge in [-0.25, -0.2) is 4.39 Å². The molecule has 0 aromatic heterocycles. The van der Waals surface area contributed by atoms with Crippen molar-refractivity contribution in [1.82, 2.24) is 10.2 Å². The SMILES string of the molecule is CC(C)C[C@H](c1ccc(F)c(F)c1O)N1CCNCC1. The lowest BCUT2D eigenvalue weighted by Crippen LogP contribution is -2.45. The lowest BCUT2D eigenvalue weighted by atomic mass is 9.94. The fourth-order valence-corrected chi connectivity index (χ4v) is 2.74. The Morgan fingerprint density at radius 3 is 2.50 bits per heavy atom. The number of nitrogens with zero attached hydrogens (tertiary/aromatic N) is 1. The minimum absolute atomic E-state index is 0.0767.